The Hall–Kier alpha value is -3.64. The SMILES string of the molecule is COc1ccc(/C=C2\Oc3cc(OCc4ccc(Cl)cc4)ccc3C2=O)c(OC)c1OC. The van der Waals surface area contributed by atoms with Gasteiger partial charge in [-0.05, 0) is 48.0 Å². The van der Waals surface area contributed by atoms with Crippen LogP contribution in [0.2, 0.25) is 5.02 Å². The van der Waals surface area contributed by atoms with Gasteiger partial charge in [0.05, 0.1) is 26.9 Å². The van der Waals surface area contributed by atoms with Gasteiger partial charge in [-0.1, -0.05) is 23.7 Å². The van der Waals surface area contributed by atoms with Crippen LogP contribution in [0.25, 0.3) is 6.08 Å². The minimum Gasteiger partial charge on any atom is -0.493 e. The first-order chi connectivity index (χ1) is 15.5. The number of hydrogen-bond acceptors (Lipinski definition) is 6. The summed E-state index contributed by atoms with van der Waals surface area (Å²) in [6.45, 7) is 0.370. The Morgan fingerprint density at radius 1 is 0.906 bits per heavy atom. The number of ketones is 1. The first-order valence-corrected chi connectivity index (χ1v) is 10.2. The highest BCUT2D eigenvalue weighted by Crippen LogP contribution is 2.42. The second-order valence-corrected chi connectivity index (χ2v) is 7.37. The molecule has 4 rings (SSSR count). The third-order valence-electron chi connectivity index (χ3n) is 4.98. The molecule has 1 aliphatic rings. The summed E-state index contributed by atoms with van der Waals surface area (Å²) in [6.07, 6.45) is 1.62. The molecule has 7 heteroatoms. The van der Waals surface area contributed by atoms with Gasteiger partial charge in [-0.2, -0.15) is 0 Å². The van der Waals surface area contributed by atoms with Crippen LogP contribution in [0.1, 0.15) is 21.5 Å². The molecule has 0 aliphatic carbocycles. The zero-order valence-electron chi connectivity index (χ0n) is 17.8. The molecule has 1 heterocycles. The first kappa shape index (κ1) is 21.6. The number of methoxy groups -OCH3 is 3. The molecule has 0 spiro atoms. The van der Waals surface area contributed by atoms with Crippen LogP contribution < -0.4 is 23.7 Å². The van der Waals surface area contributed by atoms with E-state index in [0.717, 1.165) is 5.56 Å². The van der Waals surface area contributed by atoms with Crippen molar-refractivity contribution in [2.75, 3.05) is 21.3 Å². The zero-order valence-corrected chi connectivity index (χ0v) is 18.6. The number of carbonyl (C=O) groups excluding carboxylic acids is 1. The molecule has 0 unspecified atom stereocenters. The van der Waals surface area contributed by atoms with E-state index in [1.165, 1.54) is 14.2 Å². The Balaban J connectivity index is 1.57. The molecule has 3 aromatic rings. The standard InChI is InChI=1S/C25H21ClO6/c1-28-20-11-6-16(24(29-2)25(20)30-3)12-22-23(27)19-10-9-18(13-21(19)32-22)31-14-15-4-7-17(26)8-5-15/h4-13H,14H2,1-3H3/b22-12-. The van der Waals surface area contributed by atoms with Gasteiger partial charge in [0.2, 0.25) is 11.5 Å². The van der Waals surface area contributed by atoms with Crippen molar-refractivity contribution in [2.24, 2.45) is 0 Å². The molecule has 1 aliphatic heterocycles. The molecule has 32 heavy (non-hydrogen) atoms. The molecule has 0 atom stereocenters. The highest BCUT2D eigenvalue weighted by atomic mass is 35.5. The summed E-state index contributed by atoms with van der Waals surface area (Å²) in [7, 11) is 4.59. The summed E-state index contributed by atoms with van der Waals surface area (Å²) in [5.41, 5.74) is 2.07. The van der Waals surface area contributed by atoms with Crippen LogP contribution in [-0.4, -0.2) is 27.1 Å². The fraction of sp³-hybridized carbons (Fsp3) is 0.160. The lowest BCUT2D eigenvalue weighted by Crippen LogP contribution is -2.00. The van der Waals surface area contributed by atoms with E-state index in [-0.39, 0.29) is 11.5 Å². The van der Waals surface area contributed by atoms with Crippen molar-refractivity contribution in [3.8, 4) is 28.7 Å². The molecule has 0 amide bonds. The maximum Gasteiger partial charge on any atom is 0.231 e. The van der Waals surface area contributed by atoms with Gasteiger partial charge in [0.25, 0.3) is 0 Å². The minimum absolute atomic E-state index is 0.181. The fourth-order valence-corrected chi connectivity index (χ4v) is 3.51. The zero-order chi connectivity index (χ0) is 22.7. The Bertz CT molecular complexity index is 1180. The predicted octanol–water partition coefficient (Wildman–Crippen LogP) is 5.56. The van der Waals surface area contributed by atoms with Crippen LogP contribution >= 0.6 is 11.6 Å². The summed E-state index contributed by atoms with van der Waals surface area (Å²) < 4.78 is 27.9. The number of halogens is 1. The molecule has 6 nitrogen and oxygen atoms in total. The van der Waals surface area contributed by atoms with Crippen LogP contribution in [-0.2, 0) is 6.61 Å². The van der Waals surface area contributed by atoms with Crippen molar-refractivity contribution in [2.45, 2.75) is 6.61 Å². The number of hydrogen-bond donors (Lipinski definition) is 0. The van der Waals surface area contributed by atoms with Crippen molar-refractivity contribution >= 4 is 23.5 Å². The van der Waals surface area contributed by atoms with Gasteiger partial charge >= 0.3 is 0 Å². The molecule has 0 fully saturated rings. The minimum atomic E-state index is -0.221. The number of fused-ring (bicyclic) bond motifs is 1. The van der Waals surface area contributed by atoms with E-state index >= 15 is 0 Å². The topological polar surface area (TPSA) is 63.2 Å². The summed E-state index contributed by atoms with van der Waals surface area (Å²) in [6, 6.07) is 16.1. The van der Waals surface area contributed by atoms with Crippen LogP contribution in [0.5, 0.6) is 28.7 Å². The number of rotatable bonds is 7. The smallest absolute Gasteiger partial charge is 0.231 e. The van der Waals surface area contributed by atoms with E-state index < -0.39 is 0 Å². The fourth-order valence-electron chi connectivity index (χ4n) is 3.38. The highest BCUT2D eigenvalue weighted by Gasteiger charge is 2.28. The maximum atomic E-state index is 12.9. The van der Waals surface area contributed by atoms with Gasteiger partial charge in [-0.15, -0.1) is 0 Å². The van der Waals surface area contributed by atoms with Gasteiger partial charge < -0.3 is 23.7 Å². The average Bonchev–Trinajstić information content (AvgIpc) is 3.12. The van der Waals surface area contributed by atoms with Gasteiger partial charge in [0.1, 0.15) is 18.1 Å². The number of allylic oxidation sites excluding steroid dienone is 1. The number of Topliss-reactive ketones (excluding diaryl/α,β-unsaturated/α-hetero) is 1. The average molecular weight is 453 g/mol. The van der Waals surface area contributed by atoms with E-state index in [2.05, 4.69) is 0 Å². The number of ether oxygens (including phenoxy) is 5. The van der Waals surface area contributed by atoms with Gasteiger partial charge in [0.15, 0.2) is 17.3 Å². The lowest BCUT2D eigenvalue weighted by molar-refractivity contribution is 0.101. The normalized spacial score (nSPS) is 13.5. The van der Waals surface area contributed by atoms with Crippen molar-refractivity contribution in [1.29, 1.82) is 0 Å². The lowest BCUT2D eigenvalue weighted by Gasteiger charge is -2.14. The molecule has 0 saturated carbocycles. The monoisotopic (exact) mass is 452 g/mol. The molecule has 0 aromatic heterocycles. The van der Waals surface area contributed by atoms with Gasteiger partial charge in [-0.3, -0.25) is 4.79 Å². The van der Waals surface area contributed by atoms with Crippen molar-refractivity contribution in [3.63, 3.8) is 0 Å². The van der Waals surface area contributed by atoms with Crippen LogP contribution in [0, 0.1) is 0 Å². The van der Waals surface area contributed by atoms with E-state index in [4.69, 9.17) is 35.3 Å². The van der Waals surface area contributed by atoms with Crippen molar-refractivity contribution < 1.29 is 28.5 Å². The summed E-state index contributed by atoms with van der Waals surface area (Å²) >= 11 is 5.91. The maximum absolute atomic E-state index is 12.9. The predicted molar refractivity (Wildman–Crippen MR) is 121 cm³/mol. The van der Waals surface area contributed by atoms with Crippen LogP contribution in [0.3, 0.4) is 0 Å². The van der Waals surface area contributed by atoms with Crippen LogP contribution in [0.15, 0.2) is 60.4 Å². The molecular formula is C25H21ClO6. The summed E-state index contributed by atoms with van der Waals surface area (Å²) in [5.74, 6) is 2.40. The van der Waals surface area contributed by atoms with E-state index in [9.17, 15) is 4.79 Å². The quantitative estimate of drug-likeness (QED) is 0.437. The summed E-state index contributed by atoms with van der Waals surface area (Å²) in [5, 5.41) is 0.670. The second kappa shape index (κ2) is 9.24. The lowest BCUT2D eigenvalue weighted by atomic mass is 10.1. The van der Waals surface area contributed by atoms with Crippen molar-refractivity contribution in [3.05, 3.63) is 82.1 Å². The number of benzene rings is 3. The molecule has 0 saturated heterocycles. The van der Waals surface area contributed by atoms with E-state index in [0.29, 0.717) is 51.5 Å². The Labute approximate surface area is 190 Å². The summed E-state index contributed by atoms with van der Waals surface area (Å²) in [4.78, 5) is 12.9. The molecule has 0 N–H and O–H groups in total. The Morgan fingerprint density at radius 2 is 1.66 bits per heavy atom. The Kier molecular flexibility index (Phi) is 6.23. The molecular weight excluding hydrogens is 432 g/mol. The van der Waals surface area contributed by atoms with Crippen LogP contribution in [0.4, 0.5) is 0 Å². The molecule has 3 aromatic carbocycles. The number of carbonyl (C=O) groups is 1. The molecule has 0 radical (unpaired) electrons. The molecule has 0 bridgehead atoms. The first-order valence-electron chi connectivity index (χ1n) is 9.78. The van der Waals surface area contributed by atoms with Crippen molar-refractivity contribution in [1.82, 2.24) is 0 Å². The Morgan fingerprint density at radius 3 is 2.34 bits per heavy atom. The molecule has 164 valence electrons. The van der Waals surface area contributed by atoms with Gasteiger partial charge in [-0.25, -0.2) is 0 Å². The highest BCUT2D eigenvalue weighted by molar-refractivity contribution is 6.30. The third-order valence-corrected chi connectivity index (χ3v) is 5.23. The second-order valence-electron chi connectivity index (χ2n) is 6.94. The van der Waals surface area contributed by atoms with Gasteiger partial charge in [0, 0.05) is 16.7 Å². The van der Waals surface area contributed by atoms with E-state index in [1.54, 1.807) is 43.5 Å². The largest absolute Gasteiger partial charge is 0.493 e. The van der Waals surface area contributed by atoms with E-state index in [1.807, 2.05) is 24.3 Å². The third kappa shape index (κ3) is 4.22.